The van der Waals surface area contributed by atoms with Gasteiger partial charge < -0.3 is 10.4 Å². The number of rotatable bonds is 3. The molecule has 0 aromatic heterocycles. The normalized spacial score (nSPS) is 29.0. The van der Waals surface area contributed by atoms with Gasteiger partial charge in [-0.3, -0.25) is 0 Å². The van der Waals surface area contributed by atoms with E-state index in [1.165, 1.54) is 0 Å². The first-order valence-corrected chi connectivity index (χ1v) is 7.61. The van der Waals surface area contributed by atoms with Crippen LogP contribution in [0.25, 0.3) is 0 Å². The van der Waals surface area contributed by atoms with Crippen LogP contribution in [0.5, 0.6) is 0 Å². The zero-order chi connectivity index (χ0) is 14.0. The largest absolute Gasteiger partial charge is 0.379 e. The van der Waals surface area contributed by atoms with Crippen LogP contribution in [0.1, 0.15) is 31.7 Å². The molecule has 1 aliphatic carbocycles. The van der Waals surface area contributed by atoms with Gasteiger partial charge in [0.2, 0.25) is 0 Å². The average molecular weight is 269 g/mol. The van der Waals surface area contributed by atoms with Crippen molar-refractivity contribution in [2.24, 2.45) is 5.92 Å². The third-order valence-corrected chi connectivity index (χ3v) is 4.65. The summed E-state index contributed by atoms with van der Waals surface area (Å²) in [6.45, 7) is 3.20. The maximum Gasteiger partial charge on any atom is 0.126 e. The van der Waals surface area contributed by atoms with Crippen LogP contribution in [0.3, 0.4) is 0 Å². The van der Waals surface area contributed by atoms with Gasteiger partial charge in [0.25, 0.3) is 0 Å². The molecule has 0 saturated carbocycles. The lowest BCUT2D eigenvalue weighted by Gasteiger charge is -2.40. The second kappa shape index (κ2) is 5.55. The molecule has 1 fully saturated rings. The van der Waals surface area contributed by atoms with E-state index in [-0.39, 0.29) is 6.04 Å². The van der Waals surface area contributed by atoms with Crippen LogP contribution >= 0.6 is 0 Å². The molecule has 20 heavy (non-hydrogen) atoms. The zero-order valence-corrected chi connectivity index (χ0v) is 12.0. The first-order chi connectivity index (χ1) is 9.73. The summed E-state index contributed by atoms with van der Waals surface area (Å²) in [7, 11) is 0. The summed E-state index contributed by atoms with van der Waals surface area (Å²) in [6, 6.07) is 10.2. The number of hydrogen-bond acceptors (Lipinski definition) is 2. The highest BCUT2D eigenvalue weighted by atomic mass is 16.3. The predicted molar refractivity (Wildman–Crippen MR) is 82.4 cm³/mol. The van der Waals surface area contributed by atoms with Gasteiger partial charge in [0.1, 0.15) is 5.60 Å². The first kappa shape index (κ1) is 13.6. The van der Waals surface area contributed by atoms with Crippen molar-refractivity contribution in [1.29, 1.82) is 0 Å². The summed E-state index contributed by atoms with van der Waals surface area (Å²) in [5, 5.41) is 15.1. The summed E-state index contributed by atoms with van der Waals surface area (Å²) in [4.78, 5) is 0. The Hall–Kier alpha value is -1.38. The zero-order valence-electron chi connectivity index (χ0n) is 12.0. The van der Waals surface area contributed by atoms with Gasteiger partial charge in [0, 0.05) is 6.04 Å². The van der Waals surface area contributed by atoms with E-state index in [4.69, 9.17) is 0 Å². The molecular formula is C18H23NO. The number of nitrogens with one attached hydrogen (secondary N) is 1. The molecule has 1 heterocycles. The molecule has 3 atom stereocenters. The lowest BCUT2D eigenvalue weighted by atomic mass is 9.72. The smallest absolute Gasteiger partial charge is 0.126 e. The molecule has 2 heteroatoms. The van der Waals surface area contributed by atoms with Crippen LogP contribution in [0, 0.1) is 5.92 Å². The Bertz CT molecular complexity index is 513. The van der Waals surface area contributed by atoms with Gasteiger partial charge in [-0.15, -0.1) is 0 Å². The van der Waals surface area contributed by atoms with E-state index in [0.717, 1.165) is 36.9 Å². The molecule has 2 unspecified atom stereocenters. The third kappa shape index (κ3) is 2.23. The van der Waals surface area contributed by atoms with E-state index in [1.54, 1.807) is 0 Å². The average Bonchev–Trinajstić information content (AvgIpc) is 3.03. The highest BCUT2D eigenvalue weighted by molar-refractivity contribution is 5.40. The van der Waals surface area contributed by atoms with Crippen molar-refractivity contribution >= 4 is 0 Å². The lowest BCUT2D eigenvalue weighted by molar-refractivity contribution is 0.0306. The maximum absolute atomic E-state index is 11.6. The molecule has 106 valence electrons. The molecule has 0 radical (unpaired) electrons. The van der Waals surface area contributed by atoms with Gasteiger partial charge in [-0.05, 0) is 42.9 Å². The summed E-state index contributed by atoms with van der Waals surface area (Å²) in [5.74, 6) is 0.382. The van der Waals surface area contributed by atoms with E-state index >= 15 is 0 Å². The van der Waals surface area contributed by atoms with Crippen molar-refractivity contribution in [3.63, 3.8) is 0 Å². The Kier molecular flexibility index (Phi) is 3.77. The Morgan fingerprint density at radius 1 is 1.25 bits per heavy atom. The van der Waals surface area contributed by atoms with Crippen molar-refractivity contribution in [2.45, 2.75) is 37.8 Å². The summed E-state index contributed by atoms with van der Waals surface area (Å²) >= 11 is 0. The molecule has 1 aromatic carbocycles. The van der Waals surface area contributed by atoms with Gasteiger partial charge in [-0.2, -0.15) is 0 Å². The Morgan fingerprint density at radius 3 is 2.70 bits per heavy atom. The Balaban J connectivity index is 2.08. The first-order valence-electron chi connectivity index (χ1n) is 7.61. The van der Waals surface area contributed by atoms with Crippen molar-refractivity contribution in [1.82, 2.24) is 5.32 Å². The molecule has 2 N–H and O–H groups in total. The highest BCUT2D eigenvalue weighted by Crippen LogP contribution is 2.42. The van der Waals surface area contributed by atoms with Crippen molar-refractivity contribution in [3.8, 4) is 0 Å². The minimum absolute atomic E-state index is 0.116. The fourth-order valence-corrected chi connectivity index (χ4v) is 3.55. The second-order valence-electron chi connectivity index (χ2n) is 5.97. The molecule has 0 spiro atoms. The van der Waals surface area contributed by atoms with E-state index in [0.29, 0.717) is 5.92 Å². The third-order valence-electron chi connectivity index (χ3n) is 4.65. The van der Waals surface area contributed by atoms with Crippen molar-refractivity contribution in [3.05, 3.63) is 59.7 Å². The maximum atomic E-state index is 11.6. The molecule has 1 saturated heterocycles. The molecule has 1 aromatic rings. The molecule has 0 bridgehead atoms. The van der Waals surface area contributed by atoms with Gasteiger partial charge in [-0.1, -0.05) is 55.5 Å². The van der Waals surface area contributed by atoms with Crippen LogP contribution in [0.15, 0.2) is 54.1 Å². The van der Waals surface area contributed by atoms with Gasteiger partial charge in [0.05, 0.1) is 0 Å². The van der Waals surface area contributed by atoms with Crippen molar-refractivity contribution < 1.29 is 5.11 Å². The van der Waals surface area contributed by atoms with Crippen LogP contribution in [0.4, 0.5) is 0 Å². The van der Waals surface area contributed by atoms with E-state index < -0.39 is 5.60 Å². The minimum Gasteiger partial charge on any atom is -0.379 e. The van der Waals surface area contributed by atoms with E-state index in [9.17, 15) is 5.11 Å². The minimum atomic E-state index is -0.887. The predicted octanol–water partition coefficient (Wildman–Crippen LogP) is 3.15. The summed E-state index contributed by atoms with van der Waals surface area (Å²) in [6.07, 6.45) is 9.55. The second-order valence-corrected chi connectivity index (χ2v) is 5.97. The van der Waals surface area contributed by atoms with Crippen molar-refractivity contribution in [2.75, 3.05) is 6.54 Å². The van der Waals surface area contributed by atoms with Gasteiger partial charge in [-0.25, -0.2) is 0 Å². The Labute approximate surface area is 121 Å². The van der Waals surface area contributed by atoms with Crippen LogP contribution in [-0.4, -0.2) is 17.7 Å². The van der Waals surface area contributed by atoms with E-state index in [1.807, 2.05) is 30.3 Å². The summed E-state index contributed by atoms with van der Waals surface area (Å²) < 4.78 is 0. The summed E-state index contributed by atoms with van der Waals surface area (Å²) in [5.41, 5.74) is 1.26. The number of benzene rings is 1. The highest BCUT2D eigenvalue weighted by Gasteiger charge is 2.44. The van der Waals surface area contributed by atoms with Crippen LogP contribution in [0.2, 0.25) is 0 Å². The number of hydrogen-bond donors (Lipinski definition) is 2. The molecule has 0 amide bonds. The molecular weight excluding hydrogens is 246 g/mol. The lowest BCUT2D eigenvalue weighted by Crippen LogP contribution is -2.48. The van der Waals surface area contributed by atoms with E-state index in [2.05, 4.69) is 30.5 Å². The van der Waals surface area contributed by atoms with Crippen LogP contribution < -0.4 is 5.32 Å². The van der Waals surface area contributed by atoms with Gasteiger partial charge in [0.15, 0.2) is 0 Å². The quantitative estimate of drug-likeness (QED) is 0.883. The monoisotopic (exact) mass is 269 g/mol. The number of aliphatic hydroxyl groups is 1. The number of allylic oxidation sites excluding steroid dienone is 3. The molecule has 3 rings (SSSR count). The SMILES string of the molecule is CC1CC=CC=C1C(O)(c1ccccc1)[C@H]1CCCN1. The molecule has 2 aliphatic rings. The molecule has 2 nitrogen and oxygen atoms in total. The molecule has 1 aliphatic heterocycles. The Morgan fingerprint density at radius 2 is 2.05 bits per heavy atom. The van der Waals surface area contributed by atoms with Gasteiger partial charge >= 0.3 is 0 Å². The standard InChI is InChI=1S/C18H23NO/c1-14-8-5-6-11-16(14)18(20,17-12-7-13-19-17)15-9-3-2-4-10-15/h2-6,9-11,14,17,19-20H,7-8,12-13H2,1H3/t14?,17-,18?/m1/s1. The fraction of sp³-hybridized carbons (Fsp3) is 0.444. The topological polar surface area (TPSA) is 32.3 Å². The fourth-order valence-electron chi connectivity index (χ4n) is 3.55. The van der Waals surface area contributed by atoms with Crippen LogP contribution in [-0.2, 0) is 5.60 Å².